The fraction of sp³-hybridized carbons (Fsp3) is 0.273. The van der Waals surface area contributed by atoms with Crippen LogP contribution in [0.1, 0.15) is 11.4 Å². The molecule has 21 heavy (non-hydrogen) atoms. The summed E-state index contributed by atoms with van der Waals surface area (Å²) in [6, 6.07) is 5.38. The molecule has 0 spiro atoms. The van der Waals surface area contributed by atoms with Crippen molar-refractivity contribution in [2.45, 2.75) is 17.1 Å². The minimum absolute atomic E-state index is 0.00531. The van der Waals surface area contributed by atoms with Crippen LogP contribution in [-0.2, 0) is 11.9 Å². The molecule has 0 aliphatic rings. The van der Waals surface area contributed by atoms with Crippen molar-refractivity contribution in [3.8, 4) is 5.75 Å². The van der Waals surface area contributed by atoms with Crippen LogP contribution < -0.4 is 10.6 Å². The highest BCUT2D eigenvalue weighted by Crippen LogP contribution is 2.31. The van der Waals surface area contributed by atoms with E-state index in [1.165, 1.54) is 0 Å². The number of nitrogens with zero attached hydrogens (tertiary/aromatic N) is 3. The molecule has 2 rings (SSSR count). The monoisotopic (exact) mass is 382 g/mol. The predicted molar refractivity (Wildman–Crippen MR) is 75.4 cm³/mol. The SMILES string of the molecule is COc1ccc(CSc2nnc(C(F)(F)F)n2N)cc1Br. The Kier molecular flexibility index (Phi) is 4.67. The normalized spacial score (nSPS) is 11.7. The van der Waals surface area contributed by atoms with Crippen molar-refractivity contribution in [1.29, 1.82) is 0 Å². The van der Waals surface area contributed by atoms with Gasteiger partial charge in [0, 0.05) is 5.75 Å². The number of halogens is 4. The Morgan fingerprint density at radius 3 is 2.62 bits per heavy atom. The summed E-state index contributed by atoms with van der Waals surface area (Å²) in [5.74, 6) is 5.20. The lowest BCUT2D eigenvalue weighted by Crippen LogP contribution is -2.21. The second kappa shape index (κ2) is 6.14. The summed E-state index contributed by atoms with van der Waals surface area (Å²) in [7, 11) is 1.55. The van der Waals surface area contributed by atoms with Crippen molar-refractivity contribution in [3.63, 3.8) is 0 Å². The smallest absolute Gasteiger partial charge is 0.453 e. The van der Waals surface area contributed by atoms with E-state index in [9.17, 15) is 13.2 Å². The fourth-order valence-corrected chi connectivity index (χ4v) is 2.90. The van der Waals surface area contributed by atoms with Gasteiger partial charge in [0.05, 0.1) is 11.6 Å². The molecule has 114 valence electrons. The van der Waals surface area contributed by atoms with Crippen molar-refractivity contribution in [1.82, 2.24) is 14.9 Å². The molecule has 0 aliphatic carbocycles. The van der Waals surface area contributed by atoms with Gasteiger partial charge in [0.2, 0.25) is 5.16 Å². The van der Waals surface area contributed by atoms with Gasteiger partial charge in [-0.25, -0.2) is 4.68 Å². The van der Waals surface area contributed by atoms with E-state index >= 15 is 0 Å². The molecule has 2 N–H and O–H groups in total. The quantitative estimate of drug-likeness (QED) is 0.650. The molecular formula is C11H10BrF3N4OS. The van der Waals surface area contributed by atoms with Crippen LogP contribution in [0.2, 0.25) is 0 Å². The van der Waals surface area contributed by atoms with Crippen LogP contribution in [0.3, 0.4) is 0 Å². The van der Waals surface area contributed by atoms with Crippen LogP contribution >= 0.6 is 27.7 Å². The van der Waals surface area contributed by atoms with E-state index in [1.807, 2.05) is 6.07 Å². The zero-order chi connectivity index (χ0) is 15.6. The van der Waals surface area contributed by atoms with Crippen molar-refractivity contribution in [3.05, 3.63) is 34.1 Å². The Labute approximate surface area is 130 Å². The summed E-state index contributed by atoms with van der Waals surface area (Å²) in [6.07, 6.45) is -4.62. The second-order valence-corrected chi connectivity index (χ2v) is 5.73. The van der Waals surface area contributed by atoms with Gasteiger partial charge in [-0.1, -0.05) is 17.8 Å². The van der Waals surface area contributed by atoms with Crippen molar-refractivity contribution < 1.29 is 17.9 Å². The molecule has 10 heteroatoms. The van der Waals surface area contributed by atoms with Gasteiger partial charge in [0.25, 0.3) is 5.82 Å². The predicted octanol–water partition coefficient (Wildman–Crippen LogP) is 3.07. The molecule has 0 radical (unpaired) electrons. The third-order valence-corrected chi connectivity index (χ3v) is 4.14. The average Bonchev–Trinajstić information content (AvgIpc) is 2.77. The number of nitrogens with two attached hydrogens (primary N) is 1. The molecule has 1 aromatic carbocycles. The summed E-state index contributed by atoms with van der Waals surface area (Å²) in [4.78, 5) is 0. The van der Waals surface area contributed by atoms with E-state index in [-0.39, 0.29) is 5.16 Å². The van der Waals surface area contributed by atoms with Crippen LogP contribution in [-0.4, -0.2) is 22.0 Å². The number of hydrogen-bond acceptors (Lipinski definition) is 5. The largest absolute Gasteiger partial charge is 0.496 e. The number of aromatic nitrogens is 3. The minimum atomic E-state index is -4.62. The van der Waals surface area contributed by atoms with E-state index in [0.717, 1.165) is 21.8 Å². The molecule has 1 aromatic heterocycles. The van der Waals surface area contributed by atoms with Crippen LogP contribution in [0, 0.1) is 0 Å². The summed E-state index contributed by atoms with van der Waals surface area (Å²) in [5, 5.41) is 6.50. The zero-order valence-electron chi connectivity index (χ0n) is 10.7. The number of benzene rings is 1. The van der Waals surface area contributed by atoms with Gasteiger partial charge in [-0.05, 0) is 33.6 Å². The van der Waals surface area contributed by atoms with Crippen LogP contribution in [0.5, 0.6) is 5.75 Å². The van der Waals surface area contributed by atoms with Crippen LogP contribution in [0.25, 0.3) is 0 Å². The highest BCUT2D eigenvalue weighted by Gasteiger charge is 2.38. The third kappa shape index (κ3) is 3.62. The zero-order valence-corrected chi connectivity index (χ0v) is 13.1. The molecule has 1 heterocycles. The van der Waals surface area contributed by atoms with E-state index < -0.39 is 12.0 Å². The van der Waals surface area contributed by atoms with Crippen LogP contribution in [0.15, 0.2) is 27.8 Å². The molecule has 0 aliphatic heterocycles. The Morgan fingerprint density at radius 2 is 2.10 bits per heavy atom. The van der Waals surface area contributed by atoms with Gasteiger partial charge in [-0.15, -0.1) is 10.2 Å². The maximum absolute atomic E-state index is 12.5. The fourth-order valence-electron chi connectivity index (χ4n) is 1.52. The first-order valence-corrected chi connectivity index (χ1v) is 7.33. The molecule has 0 saturated heterocycles. The molecule has 2 aromatic rings. The molecule has 0 fully saturated rings. The van der Waals surface area contributed by atoms with E-state index in [0.29, 0.717) is 16.2 Å². The van der Waals surface area contributed by atoms with E-state index in [4.69, 9.17) is 10.6 Å². The average molecular weight is 383 g/mol. The standard InChI is InChI=1S/C11H10BrF3N4OS/c1-20-8-3-2-6(4-7(8)12)5-21-10-18-17-9(19(10)16)11(13,14)15/h2-4H,5,16H2,1H3. The van der Waals surface area contributed by atoms with Gasteiger partial charge >= 0.3 is 6.18 Å². The van der Waals surface area contributed by atoms with Gasteiger partial charge in [-0.2, -0.15) is 13.2 Å². The van der Waals surface area contributed by atoms with Crippen LogP contribution in [0.4, 0.5) is 13.2 Å². The first-order chi connectivity index (χ1) is 9.82. The second-order valence-electron chi connectivity index (χ2n) is 3.93. The lowest BCUT2D eigenvalue weighted by molar-refractivity contribution is -0.146. The summed E-state index contributed by atoms with van der Waals surface area (Å²) in [6.45, 7) is 0. The van der Waals surface area contributed by atoms with Gasteiger partial charge < -0.3 is 10.6 Å². The number of methoxy groups -OCH3 is 1. The highest BCUT2D eigenvalue weighted by molar-refractivity contribution is 9.10. The molecule has 0 saturated carbocycles. The van der Waals surface area contributed by atoms with Gasteiger partial charge in [0.15, 0.2) is 0 Å². The van der Waals surface area contributed by atoms with E-state index in [1.54, 1.807) is 19.2 Å². The molecule has 0 bridgehead atoms. The number of ether oxygens (including phenoxy) is 1. The maximum Gasteiger partial charge on any atom is 0.453 e. The Bertz CT molecular complexity index is 647. The topological polar surface area (TPSA) is 66.0 Å². The number of nitrogen functional groups attached to an aromatic ring is 1. The lowest BCUT2D eigenvalue weighted by atomic mass is 10.2. The van der Waals surface area contributed by atoms with Crippen molar-refractivity contribution in [2.24, 2.45) is 0 Å². The Balaban J connectivity index is 2.10. The van der Waals surface area contributed by atoms with Gasteiger partial charge in [0.1, 0.15) is 5.75 Å². The van der Waals surface area contributed by atoms with Crippen molar-refractivity contribution in [2.75, 3.05) is 13.0 Å². The summed E-state index contributed by atoms with van der Waals surface area (Å²) in [5.41, 5.74) is 0.879. The number of rotatable bonds is 4. The Hall–Kier alpha value is -1.42. The number of alkyl halides is 3. The molecule has 0 atom stereocenters. The maximum atomic E-state index is 12.5. The third-order valence-electron chi connectivity index (χ3n) is 2.50. The van der Waals surface area contributed by atoms with E-state index in [2.05, 4.69) is 26.1 Å². The first-order valence-electron chi connectivity index (χ1n) is 5.56. The summed E-state index contributed by atoms with van der Waals surface area (Å²) < 4.78 is 43.9. The van der Waals surface area contributed by atoms with Crippen molar-refractivity contribution >= 4 is 27.7 Å². The molecule has 0 unspecified atom stereocenters. The molecule has 0 amide bonds. The minimum Gasteiger partial charge on any atom is -0.496 e. The molecule has 5 nitrogen and oxygen atoms in total. The summed E-state index contributed by atoms with van der Waals surface area (Å²) >= 11 is 4.40. The Morgan fingerprint density at radius 1 is 1.38 bits per heavy atom. The number of hydrogen-bond donors (Lipinski definition) is 1. The first kappa shape index (κ1) is 16.0. The lowest BCUT2D eigenvalue weighted by Gasteiger charge is -2.07. The van der Waals surface area contributed by atoms with Gasteiger partial charge in [-0.3, -0.25) is 0 Å². The molecular weight excluding hydrogens is 373 g/mol. The number of thioether (sulfide) groups is 1. The highest BCUT2D eigenvalue weighted by atomic mass is 79.9.